The van der Waals surface area contributed by atoms with Gasteiger partial charge in [-0.3, -0.25) is 0 Å². The van der Waals surface area contributed by atoms with Crippen LogP contribution in [0.3, 0.4) is 0 Å². The van der Waals surface area contributed by atoms with Crippen LogP contribution >= 0.6 is 11.8 Å². The van der Waals surface area contributed by atoms with Crippen molar-refractivity contribution in [1.82, 2.24) is 0 Å². The van der Waals surface area contributed by atoms with E-state index in [2.05, 4.69) is 0 Å². The van der Waals surface area contributed by atoms with Crippen molar-refractivity contribution in [1.29, 1.82) is 5.26 Å². The van der Waals surface area contributed by atoms with E-state index in [1.54, 1.807) is 0 Å². The number of thiocyanates is 1. The van der Waals surface area contributed by atoms with Gasteiger partial charge in [-0.05, 0) is 24.7 Å². The largest absolute Gasteiger partial charge is 0.330 e. The molecule has 0 aliphatic rings. The summed E-state index contributed by atoms with van der Waals surface area (Å²) in [6.07, 6.45) is 0.707. The maximum atomic E-state index is 8.06. The second-order valence-corrected chi connectivity index (χ2v) is 2.35. The first-order valence-corrected chi connectivity index (χ1v) is 3.19. The van der Waals surface area contributed by atoms with E-state index in [1.807, 2.05) is 5.40 Å². The Morgan fingerprint density at radius 3 is 2.75 bits per heavy atom. The van der Waals surface area contributed by atoms with Gasteiger partial charge in [0.05, 0.1) is 5.37 Å². The molecule has 4 N–H and O–H groups in total. The van der Waals surface area contributed by atoms with Crippen molar-refractivity contribution in [2.45, 2.75) is 11.8 Å². The van der Waals surface area contributed by atoms with Gasteiger partial charge in [0.25, 0.3) is 0 Å². The lowest BCUT2D eigenvalue weighted by Gasteiger charge is -2.00. The van der Waals surface area contributed by atoms with Crippen molar-refractivity contribution in [3.63, 3.8) is 0 Å². The number of thioether (sulfide) groups is 1. The highest BCUT2D eigenvalue weighted by atomic mass is 32.2. The highest BCUT2D eigenvalue weighted by Crippen LogP contribution is 2.04. The Balaban J connectivity index is 3.08. The van der Waals surface area contributed by atoms with Gasteiger partial charge in [0, 0.05) is 0 Å². The molecule has 0 aliphatic carbocycles. The number of nitrogens with zero attached hydrogens (tertiary/aromatic N) is 1. The Labute approximate surface area is 53.0 Å². The summed E-state index contributed by atoms with van der Waals surface area (Å²) in [6, 6.07) is 0. The second-order valence-electron chi connectivity index (χ2n) is 1.32. The molecule has 0 fully saturated rings. The molecule has 0 amide bonds. The predicted molar refractivity (Wildman–Crippen MR) is 34.9 cm³/mol. The van der Waals surface area contributed by atoms with Gasteiger partial charge in [-0.15, -0.1) is 0 Å². The van der Waals surface area contributed by atoms with Crippen LogP contribution in [-0.2, 0) is 0 Å². The molecule has 0 spiro atoms. The van der Waals surface area contributed by atoms with E-state index < -0.39 is 0 Å². The number of nitrogens with two attached hydrogens (primary N) is 2. The van der Waals surface area contributed by atoms with Crippen LogP contribution in [0.2, 0.25) is 0 Å². The molecule has 0 saturated carbocycles. The van der Waals surface area contributed by atoms with Crippen molar-refractivity contribution < 1.29 is 0 Å². The third-order valence-electron chi connectivity index (χ3n) is 0.655. The molecule has 0 heterocycles. The second kappa shape index (κ2) is 4.91. The molecule has 0 rings (SSSR count). The zero-order valence-corrected chi connectivity index (χ0v) is 5.32. The van der Waals surface area contributed by atoms with E-state index in [0.717, 1.165) is 11.8 Å². The Hall–Kier alpha value is -0.240. The van der Waals surface area contributed by atoms with E-state index in [4.69, 9.17) is 16.7 Å². The normalized spacial score (nSPS) is 12.6. The summed E-state index contributed by atoms with van der Waals surface area (Å²) in [5, 5.41) is 9.84. The molecule has 0 aromatic rings. The first kappa shape index (κ1) is 7.76. The minimum Gasteiger partial charge on any atom is -0.330 e. The average molecular weight is 131 g/mol. The predicted octanol–water partition coefficient (Wildman–Crippen LogP) is -0.166. The molecule has 0 radical (unpaired) electrons. The van der Waals surface area contributed by atoms with Crippen LogP contribution in [0.25, 0.3) is 0 Å². The van der Waals surface area contributed by atoms with Crippen molar-refractivity contribution >= 4 is 11.8 Å². The summed E-state index contributed by atoms with van der Waals surface area (Å²) in [5.74, 6) is 0. The SMILES string of the molecule is N#CSC(N)CCN. The molecule has 0 aromatic heterocycles. The van der Waals surface area contributed by atoms with E-state index in [-0.39, 0.29) is 5.37 Å². The van der Waals surface area contributed by atoms with Crippen LogP contribution < -0.4 is 11.5 Å². The summed E-state index contributed by atoms with van der Waals surface area (Å²) in [6.45, 7) is 0.551. The van der Waals surface area contributed by atoms with Crippen LogP contribution in [0.15, 0.2) is 0 Å². The summed E-state index contributed by atoms with van der Waals surface area (Å²) >= 11 is 1.06. The Morgan fingerprint density at radius 2 is 2.38 bits per heavy atom. The molecular formula is C4H9N3S. The summed E-state index contributed by atoms with van der Waals surface area (Å²) in [4.78, 5) is 0. The molecule has 0 aromatic carbocycles. The van der Waals surface area contributed by atoms with Crippen molar-refractivity contribution in [3.05, 3.63) is 0 Å². The van der Waals surface area contributed by atoms with Gasteiger partial charge in [-0.1, -0.05) is 0 Å². The third kappa shape index (κ3) is 3.93. The van der Waals surface area contributed by atoms with Crippen LogP contribution in [-0.4, -0.2) is 11.9 Å². The Kier molecular flexibility index (Phi) is 4.76. The number of rotatable bonds is 3. The zero-order chi connectivity index (χ0) is 6.41. The topological polar surface area (TPSA) is 75.8 Å². The first-order chi connectivity index (χ1) is 3.81. The highest BCUT2D eigenvalue weighted by Gasteiger charge is 1.97. The van der Waals surface area contributed by atoms with Gasteiger partial charge in [-0.25, -0.2) is 0 Å². The minimum absolute atomic E-state index is 0.106. The smallest absolute Gasteiger partial charge is 0.134 e. The van der Waals surface area contributed by atoms with E-state index in [9.17, 15) is 0 Å². The maximum absolute atomic E-state index is 8.06. The third-order valence-corrected chi connectivity index (χ3v) is 1.30. The monoisotopic (exact) mass is 131 g/mol. The zero-order valence-electron chi connectivity index (χ0n) is 4.50. The van der Waals surface area contributed by atoms with Crippen LogP contribution in [0.4, 0.5) is 0 Å². The molecule has 0 aliphatic heterocycles. The quantitative estimate of drug-likeness (QED) is 0.412. The number of hydrogen-bond donors (Lipinski definition) is 2. The number of nitriles is 1. The molecule has 1 unspecified atom stereocenters. The molecule has 3 nitrogen and oxygen atoms in total. The van der Waals surface area contributed by atoms with Gasteiger partial charge < -0.3 is 11.5 Å². The standard InChI is InChI=1S/C4H9N3S/c5-2-1-4(7)8-3-6/h4H,1-2,5,7H2. The molecule has 8 heavy (non-hydrogen) atoms. The molecule has 4 heteroatoms. The molecule has 0 saturated heterocycles. The first-order valence-electron chi connectivity index (χ1n) is 2.31. The van der Waals surface area contributed by atoms with Crippen molar-refractivity contribution in [2.24, 2.45) is 11.5 Å². The van der Waals surface area contributed by atoms with Gasteiger partial charge in [0.1, 0.15) is 5.40 Å². The van der Waals surface area contributed by atoms with Gasteiger partial charge in [0.2, 0.25) is 0 Å². The Morgan fingerprint density at radius 1 is 1.75 bits per heavy atom. The maximum Gasteiger partial charge on any atom is 0.134 e. The lowest BCUT2D eigenvalue weighted by atomic mass is 10.4. The summed E-state index contributed by atoms with van der Waals surface area (Å²) in [7, 11) is 0. The van der Waals surface area contributed by atoms with Gasteiger partial charge in [0.15, 0.2) is 0 Å². The molecule has 46 valence electrons. The fraction of sp³-hybridized carbons (Fsp3) is 0.750. The van der Waals surface area contributed by atoms with Gasteiger partial charge in [-0.2, -0.15) is 5.26 Å². The molecule has 0 bridgehead atoms. The van der Waals surface area contributed by atoms with Crippen LogP contribution in [0.5, 0.6) is 0 Å². The average Bonchev–Trinajstić information content (AvgIpc) is 1.68. The van der Waals surface area contributed by atoms with E-state index >= 15 is 0 Å². The van der Waals surface area contributed by atoms with E-state index in [0.29, 0.717) is 13.0 Å². The minimum atomic E-state index is -0.106. The van der Waals surface area contributed by atoms with Gasteiger partial charge >= 0.3 is 0 Å². The van der Waals surface area contributed by atoms with Crippen LogP contribution in [0, 0.1) is 10.7 Å². The van der Waals surface area contributed by atoms with Crippen molar-refractivity contribution in [2.75, 3.05) is 6.54 Å². The van der Waals surface area contributed by atoms with Crippen molar-refractivity contribution in [3.8, 4) is 5.40 Å². The lowest BCUT2D eigenvalue weighted by Crippen LogP contribution is -2.18. The van der Waals surface area contributed by atoms with E-state index in [1.165, 1.54) is 0 Å². The highest BCUT2D eigenvalue weighted by molar-refractivity contribution is 8.04. The lowest BCUT2D eigenvalue weighted by molar-refractivity contribution is 0.800. The molecular weight excluding hydrogens is 122 g/mol. The fourth-order valence-corrected chi connectivity index (χ4v) is 0.680. The van der Waals surface area contributed by atoms with Crippen LogP contribution in [0.1, 0.15) is 6.42 Å². The summed E-state index contributed by atoms with van der Waals surface area (Å²) in [5.41, 5.74) is 10.5. The Bertz CT molecular complexity index is 87.8. The number of hydrogen-bond acceptors (Lipinski definition) is 4. The fourth-order valence-electron chi connectivity index (χ4n) is 0.291. The molecule has 1 atom stereocenters. The summed E-state index contributed by atoms with van der Waals surface area (Å²) < 4.78 is 0.